The standard InChI is InChI=1S/C16H21NO4/c1-11-8-9-17(13(10-11)16(19)20)15(18)14(21-2)12-6-4-3-5-7-12/h3-7,11,13-14H,8-10H2,1-2H3,(H,19,20)/t11?,13?,14-/m1/s1. The number of carboxylic acid groups (broad SMARTS) is 1. The molecular formula is C16H21NO4. The van der Waals surface area contributed by atoms with Gasteiger partial charge in [0.05, 0.1) is 0 Å². The molecule has 1 aliphatic heterocycles. The van der Waals surface area contributed by atoms with Gasteiger partial charge in [-0.05, 0) is 24.3 Å². The minimum Gasteiger partial charge on any atom is -0.480 e. The molecule has 0 bridgehead atoms. The second-order valence-electron chi connectivity index (χ2n) is 5.54. The number of hydrogen-bond donors (Lipinski definition) is 1. The van der Waals surface area contributed by atoms with Crippen LogP contribution in [0.1, 0.15) is 31.4 Å². The van der Waals surface area contributed by atoms with Gasteiger partial charge < -0.3 is 14.7 Å². The van der Waals surface area contributed by atoms with E-state index in [1.807, 2.05) is 37.3 Å². The molecule has 0 spiro atoms. The number of hydrogen-bond acceptors (Lipinski definition) is 3. The lowest BCUT2D eigenvalue weighted by Crippen LogP contribution is -2.51. The average Bonchev–Trinajstić information content (AvgIpc) is 2.48. The van der Waals surface area contributed by atoms with Gasteiger partial charge in [-0.2, -0.15) is 0 Å². The van der Waals surface area contributed by atoms with E-state index < -0.39 is 18.1 Å². The molecule has 0 saturated carbocycles. The van der Waals surface area contributed by atoms with Crippen LogP contribution in [0.2, 0.25) is 0 Å². The summed E-state index contributed by atoms with van der Waals surface area (Å²) < 4.78 is 5.32. The number of carbonyl (C=O) groups is 2. The van der Waals surface area contributed by atoms with Crippen LogP contribution in [0, 0.1) is 5.92 Å². The lowest BCUT2D eigenvalue weighted by molar-refractivity contribution is -0.158. The second kappa shape index (κ2) is 6.72. The van der Waals surface area contributed by atoms with Crippen molar-refractivity contribution in [2.24, 2.45) is 5.92 Å². The molecule has 0 radical (unpaired) electrons. The number of carbonyl (C=O) groups excluding carboxylic acids is 1. The maximum absolute atomic E-state index is 12.7. The highest BCUT2D eigenvalue weighted by atomic mass is 16.5. The summed E-state index contributed by atoms with van der Waals surface area (Å²) in [6.45, 7) is 2.48. The van der Waals surface area contributed by atoms with Gasteiger partial charge in [0.25, 0.3) is 5.91 Å². The Bertz CT molecular complexity index is 502. The summed E-state index contributed by atoms with van der Waals surface area (Å²) in [7, 11) is 1.47. The topological polar surface area (TPSA) is 66.8 Å². The highest BCUT2D eigenvalue weighted by molar-refractivity contribution is 5.87. The molecule has 1 heterocycles. The van der Waals surface area contributed by atoms with Crippen molar-refractivity contribution in [1.82, 2.24) is 4.90 Å². The Morgan fingerprint density at radius 2 is 2.00 bits per heavy atom. The molecular weight excluding hydrogens is 270 g/mol. The summed E-state index contributed by atoms with van der Waals surface area (Å²) in [6, 6.07) is 8.40. The van der Waals surface area contributed by atoms with E-state index in [2.05, 4.69) is 0 Å². The maximum atomic E-state index is 12.7. The van der Waals surface area contributed by atoms with Gasteiger partial charge in [0.2, 0.25) is 0 Å². The molecule has 1 aromatic rings. The zero-order valence-electron chi connectivity index (χ0n) is 12.4. The number of benzene rings is 1. The van der Waals surface area contributed by atoms with Crippen LogP contribution in [-0.2, 0) is 14.3 Å². The van der Waals surface area contributed by atoms with Crippen LogP contribution < -0.4 is 0 Å². The Hall–Kier alpha value is -1.88. The number of likely N-dealkylation sites (tertiary alicyclic amines) is 1. The fraction of sp³-hybridized carbons (Fsp3) is 0.500. The Labute approximate surface area is 124 Å². The molecule has 5 nitrogen and oxygen atoms in total. The third-order valence-electron chi connectivity index (χ3n) is 4.00. The minimum atomic E-state index is -0.946. The highest BCUT2D eigenvalue weighted by Gasteiger charge is 2.38. The van der Waals surface area contributed by atoms with Crippen LogP contribution in [0.4, 0.5) is 0 Å². The third-order valence-corrected chi connectivity index (χ3v) is 4.00. The number of carboxylic acids is 1. The van der Waals surface area contributed by atoms with Crippen molar-refractivity contribution in [2.45, 2.75) is 31.9 Å². The molecule has 1 saturated heterocycles. The molecule has 1 aromatic carbocycles. The van der Waals surface area contributed by atoms with E-state index in [1.165, 1.54) is 12.0 Å². The third kappa shape index (κ3) is 3.42. The van der Waals surface area contributed by atoms with E-state index in [0.29, 0.717) is 18.9 Å². The fourth-order valence-corrected chi connectivity index (χ4v) is 2.80. The van der Waals surface area contributed by atoms with E-state index in [0.717, 1.165) is 12.0 Å². The SMILES string of the molecule is CO[C@@H](C(=O)N1CCC(C)CC1C(=O)O)c1ccccc1. The monoisotopic (exact) mass is 291 g/mol. The van der Waals surface area contributed by atoms with Gasteiger partial charge in [-0.3, -0.25) is 4.79 Å². The molecule has 2 rings (SSSR count). The zero-order chi connectivity index (χ0) is 15.4. The molecule has 2 unspecified atom stereocenters. The molecule has 1 fully saturated rings. The van der Waals surface area contributed by atoms with Gasteiger partial charge >= 0.3 is 5.97 Å². The zero-order valence-corrected chi connectivity index (χ0v) is 12.4. The van der Waals surface area contributed by atoms with Gasteiger partial charge in [-0.1, -0.05) is 37.3 Å². The summed E-state index contributed by atoms with van der Waals surface area (Å²) in [5.41, 5.74) is 0.743. The van der Waals surface area contributed by atoms with Crippen molar-refractivity contribution in [1.29, 1.82) is 0 Å². The first-order chi connectivity index (χ1) is 10.0. The molecule has 1 amide bonds. The molecule has 3 atom stereocenters. The fourth-order valence-electron chi connectivity index (χ4n) is 2.80. The van der Waals surface area contributed by atoms with Gasteiger partial charge in [0.1, 0.15) is 6.04 Å². The number of amides is 1. The van der Waals surface area contributed by atoms with E-state index >= 15 is 0 Å². The van der Waals surface area contributed by atoms with Crippen molar-refractivity contribution in [3.05, 3.63) is 35.9 Å². The van der Waals surface area contributed by atoms with Crippen molar-refractivity contribution < 1.29 is 19.4 Å². The summed E-state index contributed by atoms with van der Waals surface area (Å²) in [4.78, 5) is 25.6. The van der Waals surface area contributed by atoms with E-state index in [9.17, 15) is 14.7 Å². The Morgan fingerprint density at radius 1 is 1.33 bits per heavy atom. The van der Waals surface area contributed by atoms with Crippen LogP contribution in [-0.4, -0.2) is 41.6 Å². The molecule has 1 N–H and O–H groups in total. The van der Waals surface area contributed by atoms with Crippen LogP contribution in [0.3, 0.4) is 0 Å². The molecule has 1 aliphatic rings. The second-order valence-corrected chi connectivity index (χ2v) is 5.54. The predicted molar refractivity (Wildman–Crippen MR) is 77.7 cm³/mol. The van der Waals surface area contributed by atoms with Crippen LogP contribution >= 0.6 is 0 Å². The first-order valence-electron chi connectivity index (χ1n) is 7.15. The number of aliphatic carboxylic acids is 1. The molecule has 0 aromatic heterocycles. The Morgan fingerprint density at radius 3 is 2.57 bits per heavy atom. The number of piperidine rings is 1. The van der Waals surface area contributed by atoms with Gasteiger partial charge in [-0.15, -0.1) is 0 Å². The van der Waals surface area contributed by atoms with Crippen LogP contribution in [0.15, 0.2) is 30.3 Å². The van der Waals surface area contributed by atoms with Crippen LogP contribution in [0.5, 0.6) is 0 Å². The first-order valence-corrected chi connectivity index (χ1v) is 7.15. The highest BCUT2D eigenvalue weighted by Crippen LogP contribution is 2.27. The summed E-state index contributed by atoms with van der Waals surface area (Å²) in [5, 5.41) is 9.37. The Balaban J connectivity index is 2.22. The summed E-state index contributed by atoms with van der Waals surface area (Å²) in [5.74, 6) is -0.909. The van der Waals surface area contributed by atoms with Crippen molar-refractivity contribution >= 4 is 11.9 Å². The number of methoxy groups -OCH3 is 1. The number of rotatable bonds is 4. The van der Waals surface area contributed by atoms with E-state index in [4.69, 9.17) is 4.74 Å². The van der Waals surface area contributed by atoms with Gasteiger partial charge in [-0.25, -0.2) is 4.79 Å². The minimum absolute atomic E-state index is 0.275. The molecule has 21 heavy (non-hydrogen) atoms. The van der Waals surface area contributed by atoms with Gasteiger partial charge in [0.15, 0.2) is 6.10 Å². The smallest absolute Gasteiger partial charge is 0.326 e. The molecule has 114 valence electrons. The molecule has 5 heteroatoms. The lowest BCUT2D eigenvalue weighted by atomic mass is 9.91. The van der Waals surface area contributed by atoms with Gasteiger partial charge in [0, 0.05) is 13.7 Å². The number of nitrogens with zero attached hydrogens (tertiary/aromatic N) is 1. The summed E-state index contributed by atoms with van der Waals surface area (Å²) >= 11 is 0. The van der Waals surface area contributed by atoms with E-state index in [-0.39, 0.29) is 5.91 Å². The largest absolute Gasteiger partial charge is 0.480 e. The quantitative estimate of drug-likeness (QED) is 0.922. The lowest BCUT2D eigenvalue weighted by Gasteiger charge is -2.37. The van der Waals surface area contributed by atoms with Crippen LogP contribution in [0.25, 0.3) is 0 Å². The van der Waals surface area contributed by atoms with Crippen molar-refractivity contribution in [2.75, 3.05) is 13.7 Å². The summed E-state index contributed by atoms with van der Waals surface area (Å²) in [6.07, 6.45) is 0.564. The average molecular weight is 291 g/mol. The number of ether oxygens (including phenoxy) is 1. The maximum Gasteiger partial charge on any atom is 0.326 e. The normalized spacial score (nSPS) is 23.6. The van der Waals surface area contributed by atoms with E-state index in [1.54, 1.807) is 0 Å². The van der Waals surface area contributed by atoms with Crippen molar-refractivity contribution in [3.8, 4) is 0 Å². The van der Waals surface area contributed by atoms with Crippen molar-refractivity contribution in [3.63, 3.8) is 0 Å². The predicted octanol–water partition coefficient (Wildman–Crippen LogP) is 2.09. The Kier molecular flexibility index (Phi) is 4.96. The first kappa shape index (κ1) is 15.5. The molecule has 0 aliphatic carbocycles.